The lowest BCUT2D eigenvalue weighted by molar-refractivity contribution is -0.141. The van der Waals surface area contributed by atoms with Gasteiger partial charge in [0.15, 0.2) is 0 Å². The second-order valence-electron chi connectivity index (χ2n) is 6.79. The van der Waals surface area contributed by atoms with Gasteiger partial charge in [0.25, 0.3) is 5.91 Å². The van der Waals surface area contributed by atoms with E-state index in [-0.39, 0.29) is 5.69 Å². The first-order valence-electron chi connectivity index (χ1n) is 9.12. The first kappa shape index (κ1) is 19.6. The standard InChI is InChI=1S/C23H16F3N3O/c1-14-12-15(22(30)29-16-9-11-28-21(13-16)23(24,25)26)7-8-17(14)18-4-2-6-20-19(18)5-3-10-27-20/h2-13H,1H3,(H,28,29,30). The molecule has 4 aromatic rings. The molecule has 2 aromatic heterocycles. The number of anilines is 1. The summed E-state index contributed by atoms with van der Waals surface area (Å²) in [5, 5.41) is 3.49. The molecule has 0 unspecified atom stereocenters. The van der Waals surface area contributed by atoms with E-state index in [4.69, 9.17) is 0 Å². The van der Waals surface area contributed by atoms with Crippen molar-refractivity contribution in [1.82, 2.24) is 9.97 Å². The molecule has 0 fully saturated rings. The number of hydrogen-bond donors (Lipinski definition) is 1. The Bertz CT molecular complexity index is 1250. The molecule has 2 aromatic carbocycles. The van der Waals surface area contributed by atoms with Gasteiger partial charge in [0, 0.05) is 29.0 Å². The second-order valence-corrected chi connectivity index (χ2v) is 6.79. The van der Waals surface area contributed by atoms with Gasteiger partial charge in [-0.1, -0.05) is 24.3 Å². The minimum absolute atomic E-state index is 0.0317. The lowest BCUT2D eigenvalue weighted by Gasteiger charge is -2.12. The zero-order valence-corrected chi connectivity index (χ0v) is 15.9. The normalized spacial score (nSPS) is 11.5. The third-order valence-electron chi connectivity index (χ3n) is 4.73. The monoisotopic (exact) mass is 407 g/mol. The van der Waals surface area contributed by atoms with E-state index in [2.05, 4.69) is 15.3 Å². The molecule has 1 amide bonds. The summed E-state index contributed by atoms with van der Waals surface area (Å²) in [6, 6.07) is 17.0. The first-order chi connectivity index (χ1) is 14.3. The molecule has 0 saturated heterocycles. The summed E-state index contributed by atoms with van der Waals surface area (Å²) in [6.45, 7) is 1.88. The Morgan fingerprint density at radius 3 is 2.50 bits per heavy atom. The van der Waals surface area contributed by atoms with Crippen LogP contribution in [0.5, 0.6) is 0 Å². The molecule has 0 spiro atoms. The van der Waals surface area contributed by atoms with Crippen molar-refractivity contribution in [3.8, 4) is 11.1 Å². The van der Waals surface area contributed by atoms with Crippen molar-refractivity contribution in [2.45, 2.75) is 13.1 Å². The molecule has 1 N–H and O–H groups in total. The van der Waals surface area contributed by atoms with Crippen molar-refractivity contribution in [2.75, 3.05) is 5.32 Å². The van der Waals surface area contributed by atoms with Crippen molar-refractivity contribution >= 4 is 22.5 Å². The lowest BCUT2D eigenvalue weighted by Crippen LogP contribution is -2.14. The van der Waals surface area contributed by atoms with Crippen LogP contribution in [0.25, 0.3) is 22.0 Å². The number of fused-ring (bicyclic) bond motifs is 1. The van der Waals surface area contributed by atoms with Gasteiger partial charge in [-0.25, -0.2) is 0 Å². The van der Waals surface area contributed by atoms with E-state index in [9.17, 15) is 18.0 Å². The van der Waals surface area contributed by atoms with Gasteiger partial charge in [0.05, 0.1) is 5.52 Å². The van der Waals surface area contributed by atoms with Crippen LogP contribution >= 0.6 is 0 Å². The number of pyridine rings is 2. The predicted molar refractivity (Wildman–Crippen MR) is 109 cm³/mol. The predicted octanol–water partition coefficient (Wildman–Crippen LogP) is 5.88. The molecule has 0 aliphatic rings. The lowest BCUT2D eigenvalue weighted by atomic mass is 9.95. The Morgan fingerprint density at radius 1 is 0.900 bits per heavy atom. The second kappa shape index (κ2) is 7.59. The van der Waals surface area contributed by atoms with Crippen LogP contribution in [-0.4, -0.2) is 15.9 Å². The molecule has 0 atom stereocenters. The van der Waals surface area contributed by atoms with Crippen molar-refractivity contribution in [1.29, 1.82) is 0 Å². The molecule has 7 heteroatoms. The van der Waals surface area contributed by atoms with Gasteiger partial charge in [-0.2, -0.15) is 13.2 Å². The molecular weight excluding hydrogens is 391 g/mol. The van der Waals surface area contributed by atoms with Gasteiger partial charge < -0.3 is 5.32 Å². The maximum Gasteiger partial charge on any atom is 0.433 e. The fourth-order valence-electron chi connectivity index (χ4n) is 3.31. The molecule has 0 bridgehead atoms. The number of nitrogens with zero attached hydrogens (tertiary/aromatic N) is 2. The van der Waals surface area contributed by atoms with Gasteiger partial charge in [-0.05, 0) is 60.0 Å². The van der Waals surface area contributed by atoms with Gasteiger partial charge >= 0.3 is 6.18 Å². The SMILES string of the molecule is Cc1cc(C(=O)Nc2ccnc(C(F)(F)F)c2)ccc1-c1cccc2ncccc12. The number of hydrogen-bond acceptors (Lipinski definition) is 3. The Balaban J connectivity index is 1.63. The smallest absolute Gasteiger partial charge is 0.322 e. The third-order valence-corrected chi connectivity index (χ3v) is 4.73. The van der Waals surface area contributed by atoms with Crippen LogP contribution in [0.3, 0.4) is 0 Å². The minimum Gasteiger partial charge on any atom is -0.322 e. The van der Waals surface area contributed by atoms with Crippen LogP contribution in [-0.2, 0) is 6.18 Å². The molecular formula is C23H16F3N3O. The minimum atomic E-state index is -4.58. The van der Waals surface area contributed by atoms with Gasteiger partial charge in [0.1, 0.15) is 5.69 Å². The Hall–Kier alpha value is -3.74. The number of alkyl halides is 3. The van der Waals surface area contributed by atoms with Gasteiger partial charge in [-0.15, -0.1) is 0 Å². The molecule has 30 heavy (non-hydrogen) atoms. The molecule has 2 heterocycles. The number of benzene rings is 2. The van der Waals surface area contributed by atoms with Gasteiger partial charge in [0.2, 0.25) is 0 Å². The summed E-state index contributed by atoms with van der Waals surface area (Å²) in [4.78, 5) is 20.2. The maximum absolute atomic E-state index is 12.8. The average Bonchev–Trinajstić information content (AvgIpc) is 2.73. The molecule has 4 nitrogen and oxygen atoms in total. The molecule has 0 saturated carbocycles. The van der Waals surface area contributed by atoms with Crippen molar-refractivity contribution < 1.29 is 18.0 Å². The van der Waals surface area contributed by atoms with Crippen LogP contribution < -0.4 is 5.32 Å². The van der Waals surface area contributed by atoms with Crippen LogP contribution in [0.1, 0.15) is 21.6 Å². The highest BCUT2D eigenvalue weighted by Gasteiger charge is 2.32. The maximum atomic E-state index is 12.8. The molecule has 4 rings (SSSR count). The summed E-state index contributed by atoms with van der Waals surface area (Å²) >= 11 is 0. The number of halogens is 3. The highest BCUT2D eigenvalue weighted by atomic mass is 19.4. The third kappa shape index (κ3) is 3.87. The van der Waals surface area contributed by atoms with E-state index in [0.717, 1.165) is 39.9 Å². The van der Waals surface area contributed by atoms with E-state index in [0.29, 0.717) is 5.56 Å². The van der Waals surface area contributed by atoms with Crippen molar-refractivity contribution in [2.24, 2.45) is 0 Å². The quantitative estimate of drug-likeness (QED) is 0.462. The molecule has 0 radical (unpaired) electrons. The number of nitrogens with one attached hydrogen (secondary N) is 1. The summed E-state index contributed by atoms with van der Waals surface area (Å²) in [7, 11) is 0. The summed E-state index contributed by atoms with van der Waals surface area (Å²) in [6.07, 6.45) is -1.83. The fraction of sp³-hybridized carbons (Fsp3) is 0.0870. The summed E-state index contributed by atoms with van der Waals surface area (Å²) < 4.78 is 38.5. The number of carbonyl (C=O) groups excluding carboxylic acids is 1. The van der Waals surface area contributed by atoms with Crippen LogP contribution in [0.2, 0.25) is 0 Å². The first-order valence-corrected chi connectivity index (χ1v) is 9.12. The van der Waals surface area contributed by atoms with Crippen molar-refractivity contribution in [3.63, 3.8) is 0 Å². The molecule has 150 valence electrons. The summed E-state index contributed by atoms with van der Waals surface area (Å²) in [5.41, 5.74) is 3.00. The van der Waals surface area contributed by atoms with Crippen LogP contribution in [0.4, 0.5) is 18.9 Å². The number of rotatable bonds is 3. The molecule has 0 aliphatic carbocycles. The number of aryl methyl sites for hydroxylation is 1. The zero-order valence-electron chi connectivity index (χ0n) is 15.9. The van der Waals surface area contributed by atoms with E-state index in [1.807, 2.05) is 43.3 Å². The number of amides is 1. The summed E-state index contributed by atoms with van der Waals surface area (Å²) in [5.74, 6) is -0.497. The van der Waals surface area contributed by atoms with Crippen LogP contribution in [0, 0.1) is 6.92 Å². The topological polar surface area (TPSA) is 54.9 Å². The molecule has 0 aliphatic heterocycles. The van der Waals surface area contributed by atoms with E-state index in [1.54, 1.807) is 18.3 Å². The highest BCUT2D eigenvalue weighted by molar-refractivity contribution is 6.05. The Morgan fingerprint density at radius 2 is 1.73 bits per heavy atom. The highest BCUT2D eigenvalue weighted by Crippen LogP contribution is 2.31. The Kier molecular flexibility index (Phi) is 4.95. The van der Waals surface area contributed by atoms with Crippen molar-refractivity contribution in [3.05, 3.63) is 89.9 Å². The average molecular weight is 407 g/mol. The fourth-order valence-corrected chi connectivity index (χ4v) is 3.31. The zero-order chi connectivity index (χ0) is 21.3. The van der Waals surface area contributed by atoms with Gasteiger partial charge in [-0.3, -0.25) is 14.8 Å². The number of aromatic nitrogens is 2. The largest absolute Gasteiger partial charge is 0.433 e. The number of carbonyl (C=O) groups is 1. The Labute approximate surface area is 170 Å². The van der Waals surface area contributed by atoms with E-state index >= 15 is 0 Å². The van der Waals surface area contributed by atoms with E-state index in [1.165, 1.54) is 6.07 Å². The van der Waals surface area contributed by atoms with Crippen LogP contribution in [0.15, 0.2) is 73.1 Å². The van der Waals surface area contributed by atoms with E-state index < -0.39 is 17.8 Å².